The number of amides is 2. The van der Waals surface area contributed by atoms with Crippen molar-refractivity contribution in [2.45, 2.75) is 57.2 Å². The molecule has 1 aliphatic rings. The van der Waals surface area contributed by atoms with Crippen LogP contribution in [0, 0.1) is 5.82 Å². The van der Waals surface area contributed by atoms with Crippen LogP contribution in [0.15, 0.2) is 47.4 Å². The van der Waals surface area contributed by atoms with Crippen LogP contribution < -0.4 is 19.3 Å². The molecule has 0 saturated heterocycles. The Morgan fingerprint density at radius 2 is 1.79 bits per heavy atom. The maximum atomic E-state index is 13.7. The van der Waals surface area contributed by atoms with Crippen molar-refractivity contribution >= 4 is 33.4 Å². The van der Waals surface area contributed by atoms with Gasteiger partial charge in [0.05, 0.1) is 28.9 Å². The van der Waals surface area contributed by atoms with E-state index in [4.69, 9.17) is 4.74 Å². The van der Waals surface area contributed by atoms with Gasteiger partial charge in [0.2, 0.25) is 5.91 Å². The van der Waals surface area contributed by atoms with Gasteiger partial charge in [-0.2, -0.15) is 0 Å². The number of hydrogen-bond donors (Lipinski definition) is 2. The molecule has 0 fully saturated rings. The summed E-state index contributed by atoms with van der Waals surface area (Å²) < 4.78 is 48.0. The Bertz CT molecular complexity index is 1190. The van der Waals surface area contributed by atoms with Crippen molar-refractivity contribution in [1.29, 1.82) is 0 Å². The zero-order valence-corrected chi connectivity index (χ0v) is 20.4. The van der Waals surface area contributed by atoms with E-state index in [0.29, 0.717) is 0 Å². The number of carbonyl (C=O) groups is 2. The number of rotatable bonds is 5. The molecule has 11 heteroatoms. The molecule has 1 heterocycles. The number of halogens is 1. The minimum atomic E-state index is -4.20. The van der Waals surface area contributed by atoms with Gasteiger partial charge < -0.3 is 15.2 Å². The van der Waals surface area contributed by atoms with E-state index in [1.807, 2.05) is 0 Å². The second-order valence-corrected chi connectivity index (χ2v) is 10.8. The van der Waals surface area contributed by atoms with Crippen LogP contribution in [0.25, 0.3) is 0 Å². The third kappa shape index (κ3) is 4.93. The zero-order valence-electron chi connectivity index (χ0n) is 19.6. The quantitative estimate of drug-likeness (QED) is 0.658. The number of ether oxygens (including phenoxy) is 1. The summed E-state index contributed by atoms with van der Waals surface area (Å²) in [5.41, 5.74) is -0.409. The first kappa shape index (κ1) is 25.3. The first-order valence-corrected chi connectivity index (χ1v) is 12.1. The minimum Gasteiger partial charge on any atom is -0.484 e. The van der Waals surface area contributed by atoms with Gasteiger partial charge in [0.15, 0.2) is 0 Å². The first-order chi connectivity index (χ1) is 15.7. The number of carboxylic acid groups (broad SMARTS) is 1. The summed E-state index contributed by atoms with van der Waals surface area (Å²) in [5.74, 6) is -0.670. The Morgan fingerprint density at radius 3 is 2.32 bits per heavy atom. The third-order valence-corrected chi connectivity index (χ3v) is 7.32. The Labute approximate surface area is 198 Å². The predicted octanol–water partition coefficient (Wildman–Crippen LogP) is 3.59. The van der Waals surface area contributed by atoms with Crippen molar-refractivity contribution < 1.29 is 32.2 Å². The second kappa shape index (κ2) is 9.13. The fourth-order valence-electron chi connectivity index (χ4n) is 3.86. The number of fused-ring (bicyclic) bond motifs is 1. The Hall–Kier alpha value is -3.34. The summed E-state index contributed by atoms with van der Waals surface area (Å²) in [6.45, 7) is 8.18. The van der Waals surface area contributed by atoms with E-state index in [1.54, 1.807) is 27.7 Å². The molecule has 1 aliphatic heterocycles. The number of nitrogens with zero attached hydrogens (tertiary/aromatic N) is 2. The highest BCUT2D eigenvalue weighted by Gasteiger charge is 2.41. The largest absolute Gasteiger partial charge is 0.484 e. The van der Waals surface area contributed by atoms with Gasteiger partial charge in [-0.3, -0.25) is 14.0 Å². The Kier molecular flexibility index (Phi) is 6.79. The molecule has 34 heavy (non-hydrogen) atoms. The molecule has 2 N–H and O–H groups in total. The highest BCUT2D eigenvalue weighted by Crippen LogP contribution is 2.43. The molecular formula is C23H28FN3O6S. The van der Waals surface area contributed by atoms with E-state index >= 15 is 0 Å². The molecule has 0 aliphatic carbocycles. The van der Waals surface area contributed by atoms with Crippen LogP contribution in [0.1, 0.15) is 34.6 Å². The summed E-state index contributed by atoms with van der Waals surface area (Å²) in [5, 5.41) is 12.4. The van der Waals surface area contributed by atoms with Crippen molar-refractivity contribution in [3.05, 3.63) is 48.3 Å². The van der Waals surface area contributed by atoms with Gasteiger partial charge in [0.25, 0.3) is 10.0 Å². The first-order valence-electron chi connectivity index (χ1n) is 10.6. The number of anilines is 2. The van der Waals surface area contributed by atoms with Crippen molar-refractivity contribution in [2.24, 2.45) is 0 Å². The molecule has 0 spiro atoms. The van der Waals surface area contributed by atoms with Gasteiger partial charge in [-0.05, 0) is 70.2 Å². The van der Waals surface area contributed by atoms with E-state index in [9.17, 15) is 27.5 Å². The zero-order chi connectivity index (χ0) is 25.4. The van der Waals surface area contributed by atoms with E-state index in [0.717, 1.165) is 33.5 Å². The standard InChI is InChI=1S/C23H28FN3O6S/c1-14-21(13-25-15(2)28)33-20-11-8-17(26(22(29)30)23(3,4)5)12-19(20)27(14)34(31,32)18-9-6-16(24)7-10-18/h6-12,14,21H,13H2,1-5H3,(H,25,28)(H,29,30)/t14-,21+/m1/s1. The van der Waals surface area contributed by atoms with Gasteiger partial charge in [-0.15, -0.1) is 0 Å². The van der Waals surface area contributed by atoms with Crippen LogP contribution in [0.2, 0.25) is 0 Å². The van der Waals surface area contributed by atoms with Crippen LogP contribution in [-0.4, -0.2) is 49.8 Å². The summed E-state index contributed by atoms with van der Waals surface area (Å²) in [6.07, 6.45) is -1.93. The van der Waals surface area contributed by atoms with Crippen LogP contribution in [0.5, 0.6) is 5.75 Å². The molecule has 2 atom stereocenters. The molecule has 0 bridgehead atoms. The maximum Gasteiger partial charge on any atom is 0.412 e. The number of carbonyl (C=O) groups excluding carboxylic acids is 1. The lowest BCUT2D eigenvalue weighted by Gasteiger charge is -2.42. The fourth-order valence-corrected chi connectivity index (χ4v) is 5.54. The lowest BCUT2D eigenvalue weighted by molar-refractivity contribution is -0.119. The molecule has 0 unspecified atom stereocenters. The van der Waals surface area contributed by atoms with Gasteiger partial charge in [0, 0.05) is 12.5 Å². The smallest absolute Gasteiger partial charge is 0.412 e. The molecular weight excluding hydrogens is 465 g/mol. The molecule has 184 valence electrons. The number of sulfonamides is 1. The van der Waals surface area contributed by atoms with Crippen LogP contribution in [0.4, 0.5) is 20.6 Å². The van der Waals surface area contributed by atoms with E-state index in [-0.39, 0.29) is 34.5 Å². The Morgan fingerprint density at radius 1 is 1.18 bits per heavy atom. The van der Waals surface area contributed by atoms with E-state index < -0.39 is 39.6 Å². The topological polar surface area (TPSA) is 116 Å². The maximum absolute atomic E-state index is 13.7. The fraction of sp³-hybridized carbons (Fsp3) is 0.391. The van der Waals surface area contributed by atoms with Gasteiger partial charge >= 0.3 is 6.09 Å². The van der Waals surface area contributed by atoms with Crippen molar-refractivity contribution in [1.82, 2.24) is 5.32 Å². The predicted molar refractivity (Wildman–Crippen MR) is 125 cm³/mol. The molecule has 2 aromatic rings. The van der Waals surface area contributed by atoms with Crippen molar-refractivity contribution in [2.75, 3.05) is 15.7 Å². The average molecular weight is 494 g/mol. The minimum absolute atomic E-state index is 0.0520. The van der Waals surface area contributed by atoms with Gasteiger partial charge in [-0.1, -0.05) is 0 Å². The molecule has 0 radical (unpaired) electrons. The number of hydrogen-bond acceptors (Lipinski definition) is 5. The lowest BCUT2D eigenvalue weighted by Crippen LogP contribution is -2.54. The van der Waals surface area contributed by atoms with Crippen LogP contribution in [-0.2, 0) is 14.8 Å². The van der Waals surface area contributed by atoms with Gasteiger partial charge in [0.1, 0.15) is 17.7 Å². The normalized spacial score (nSPS) is 18.0. The van der Waals surface area contributed by atoms with Crippen LogP contribution in [0.3, 0.4) is 0 Å². The summed E-state index contributed by atoms with van der Waals surface area (Å²) in [6, 6.07) is 8.14. The summed E-state index contributed by atoms with van der Waals surface area (Å²) in [7, 11) is -4.20. The summed E-state index contributed by atoms with van der Waals surface area (Å²) >= 11 is 0. The average Bonchev–Trinajstić information content (AvgIpc) is 2.71. The molecule has 9 nitrogen and oxygen atoms in total. The van der Waals surface area contributed by atoms with Crippen LogP contribution >= 0.6 is 0 Å². The van der Waals surface area contributed by atoms with Gasteiger partial charge in [-0.25, -0.2) is 17.6 Å². The number of nitrogens with one attached hydrogen (secondary N) is 1. The molecule has 0 aromatic heterocycles. The highest BCUT2D eigenvalue weighted by atomic mass is 32.2. The summed E-state index contributed by atoms with van der Waals surface area (Å²) in [4.78, 5) is 24.4. The molecule has 2 aromatic carbocycles. The monoisotopic (exact) mass is 493 g/mol. The number of benzene rings is 2. The highest BCUT2D eigenvalue weighted by molar-refractivity contribution is 7.92. The SMILES string of the molecule is CC(=O)NC[C@@H]1Oc2ccc(N(C(=O)O)C(C)(C)C)cc2N(S(=O)(=O)c2ccc(F)cc2)[C@@H]1C. The van der Waals surface area contributed by atoms with E-state index in [1.165, 1.54) is 25.1 Å². The Balaban J connectivity index is 2.18. The molecule has 3 rings (SSSR count). The lowest BCUT2D eigenvalue weighted by atomic mass is 10.0. The van der Waals surface area contributed by atoms with Crippen molar-refractivity contribution in [3.63, 3.8) is 0 Å². The second-order valence-electron chi connectivity index (χ2n) is 9.03. The van der Waals surface area contributed by atoms with Crippen molar-refractivity contribution in [3.8, 4) is 5.75 Å². The molecule has 0 saturated carbocycles. The third-order valence-electron chi connectivity index (χ3n) is 5.41. The molecule has 2 amide bonds. The van der Waals surface area contributed by atoms with E-state index in [2.05, 4.69) is 5.32 Å².